The molecular formula is C11H17NO3. The summed E-state index contributed by atoms with van der Waals surface area (Å²) < 4.78 is 4.91. The number of carboxylic acids is 1. The molecule has 0 spiro atoms. The van der Waals surface area contributed by atoms with Crippen LogP contribution in [0.5, 0.6) is 0 Å². The molecule has 0 saturated carbocycles. The molecular weight excluding hydrogens is 194 g/mol. The Kier molecular flexibility index (Phi) is 3.19. The Hall–Kier alpha value is -1.29. The maximum Gasteiger partial charge on any atom is 0.372 e. The van der Waals surface area contributed by atoms with Gasteiger partial charge in [-0.2, -0.15) is 0 Å². The van der Waals surface area contributed by atoms with Crippen LogP contribution in [0.25, 0.3) is 0 Å². The summed E-state index contributed by atoms with van der Waals surface area (Å²) in [6, 6.07) is 1.70. The Bertz CT molecular complexity index is 349. The number of nitrogens with zero attached hydrogens (tertiary/aromatic N) is 1. The highest BCUT2D eigenvalue weighted by Gasteiger charge is 2.21. The standard InChI is InChI=1S/C11H17NO3/c1-11(2,3)12(4)7-8-5-6-15-9(8)10(13)14/h5-6H,7H2,1-4H3,(H,13,14). The topological polar surface area (TPSA) is 53.7 Å². The number of rotatable bonds is 3. The lowest BCUT2D eigenvalue weighted by atomic mass is 10.1. The zero-order valence-electron chi connectivity index (χ0n) is 9.57. The lowest BCUT2D eigenvalue weighted by Gasteiger charge is -2.31. The average Bonchev–Trinajstić information content (AvgIpc) is 2.50. The SMILES string of the molecule is CN(Cc1ccoc1C(=O)O)C(C)(C)C. The van der Waals surface area contributed by atoms with E-state index in [1.54, 1.807) is 6.07 Å². The van der Waals surface area contributed by atoms with E-state index in [1.807, 2.05) is 7.05 Å². The normalized spacial score (nSPS) is 12.1. The van der Waals surface area contributed by atoms with Crippen molar-refractivity contribution in [3.05, 3.63) is 23.7 Å². The van der Waals surface area contributed by atoms with Gasteiger partial charge in [0.1, 0.15) is 0 Å². The number of carbonyl (C=O) groups is 1. The quantitative estimate of drug-likeness (QED) is 0.832. The van der Waals surface area contributed by atoms with Crippen LogP contribution in [-0.4, -0.2) is 28.6 Å². The van der Waals surface area contributed by atoms with Crippen molar-refractivity contribution < 1.29 is 14.3 Å². The van der Waals surface area contributed by atoms with Crippen LogP contribution < -0.4 is 0 Å². The largest absolute Gasteiger partial charge is 0.475 e. The van der Waals surface area contributed by atoms with Crippen molar-refractivity contribution in [1.29, 1.82) is 0 Å². The third-order valence-corrected chi connectivity index (χ3v) is 2.49. The summed E-state index contributed by atoms with van der Waals surface area (Å²) in [6.07, 6.45) is 1.41. The Morgan fingerprint density at radius 3 is 2.60 bits per heavy atom. The minimum atomic E-state index is -1.02. The molecule has 1 aromatic rings. The van der Waals surface area contributed by atoms with E-state index in [2.05, 4.69) is 25.7 Å². The van der Waals surface area contributed by atoms with E-state index < -0.39 is 5.97 Å². The highest BCUT2D eigenvalue weighted by Crippen LogP contribution is 2.18. The summed E-state index contributed by atoms with van der Waals surface area (Å²) >= 11 is 0. The molecule has 4 heteroatoms. The molecule has 1 heterocycles. The molecule has 84 valence electrons. The van der Waals surface area contributed by atoms with Crippen LogP contribution in [0.15, 0.2) is 16.7 Å². The molecule has 1 rings (SSSR count). The second kappa shape index (κ2) is 4.06. The van der Waals surface area contributed by atoms with Crippen LogP contribution in [0.3, 0.4) is 0 Å². The van der Waals surface area contributed by atoms with Gasteiger partial charge in [0.05, 0.1) is 6.26 Å². The zero-order chi connectivity index (χ0) is 11.6. The van der Waals surface area contributed by atoms with Crippen molar-refractivity contribution in [3.63, 3.8) is 0 Å². The van der Waals surface area contributed by atoms with Crippen LogP contribution in [0.1, 0.15) is 36.9 Å². The maximum absolute atomic E-state index is 10.8. The van der Waals surface area contributed by atoms with E-state index in [9.17, 15) is 4.79 Å². The van der Waals surface area contributed by atoms with Crippen molar-refractivity contribution in [2.24, 2.45) is 0 Å². The van der Waals surface area contributed by atoms with Gasteiger partial charge < -0.3 is 9.52 Å². The third kappa shape index (κ3) is 2.83. The summed E-state index contributed by atoms with van der Waals surface area (Å²) in [5, 5.41) is 8.86. The second-order valence-corrected chi connectivity index (χ2v) is 4.61. The summed E-state index contributed by atoms with van der Waals surface area (Å²) in [7, 11) is 1.96. The molecule has 15 heavy (non-hydrogen) atoms. The first-order valence-corrected chi connectivity index (χ1v) is 4.83. The van der Waals surface area contributed by atoms with Crippen molar-refractivity contribution >= 4 is 5.97 Å². The van der Waals surface area contributed by atoms with Crippen LogP contribution in [0.2, 0.25) is 0 Å². The molecule has 4 nitrogen and oxygen atoms in total. The van der Waals surface area contributed by atoms with Crippen molar-refractivity contribution in [3.8, 4) is 0 Å². The van der Waals surface area contributed by atoms with Crippen LogP contribution in [0.4, 0.5) is 0 Å². The van der Waals surface area contributed by atoms with Gasteiger partial charge in [-0.1, -0.05) is 0 Å². The Balaban J connectivity index is 2.81. The van der Waals surface area contributed by atoms with Crippen molar-refractivity contribution in [2.45, 2.75) is 32.9 Å². The van der Waals surface area contributed by atoms with E-state index in [0.717, 1.165) is 0 Å². The smallest absolute Gasteiger partial charge is 0.372 e. The molecule has 0 atom stereocenters. The molecule has 0 fully saturated rings. The lowest BCUT2D eigenvalue weighted by Crippen LogP contribution is -2.37. The Labute approximate surface area is 89.5 Å². The summed E-state index contributed by atoms with van der Waals surface area (Å²) in [4.78, 5) is 12.9. The summed E-state index contributed by atoms with van der Waals surface area (Å²) in [6.45, 7) is 6.80. The fourth-order valence-electron chi connectivity index (χ4n) is 1.14. The van der Waals surface area contributed by atoms with Gasteiger partial charge in [0.2, 0.25) is 5.76 Å². The number of carboxylic acid groups (broad SMARTS) is 1. The van der Waals surface area contributed by atoms with Gasteiger partial charge in [-0.3, -0.25) is 4.90 Å². The number of hydrogen-bond acceptors (Lipinski definition) is 3. The summed E-state index contributed by atoms with van der Waals surface area (Å²) in [5.41, 5.74) is 0.715. The van der Waals surface area contributed by atoms with E-state index in [0.29, 0.717) is 12.1 Å². The average molecular weight is 211 g/mol. The van der Waals surface area contributed by atoms with Gasteiger partial charge >= 0.3 is 5.97 Å². The van der Waals surface area contributed by atoms with Gasteiger partial charge in [-0.05, 0) is 33.9 Å². The third-order valence-electron chi connectivity index (χ3n) is 2.49. The fourth-order valence-corrected chi connectivity index (χ4v) is 1.14. The van der Waals surface area contributed by atoms with E-state index in [1.165, 1.54) is 6.26 Å². The highest BCUT2D eigenvalue weighted by molar-refractivity contribution is 5.86. The highest BCUT2D eigenvalue weighted by atomic mass is 16.4. The van der Waals surface area contributed by atoms with E-state index in [-0.39, 0.29) is 11.3 Å². The lowest BCUT2D eigenvalue weighted by molar-refractivity contribution is 0.0657. The van der Waals surface area contributed by atoms with Crippen molar-refractivity contribution in [2.75, 3.05) is 7.05 Å². The van der Waals surface area contributed by atoms with Gasteiger partial charge in [0.25, 0.3) is 0 Å². The predicted molar refractivity (Wildman–Crippen MR) is 56.9 cm³/mol. The monoisotopic (exact) mass is 211 g/mol. The first-order chi connectivity index (χ1) is 6.82. The number of furan rings is 1. The van der Waals surface area contributed by atoms with Crippen LogP contribution in [-0.2, 0) is 6.54 Å². The Morgan fingerprint density at radius 1 is 1.53 bits per heavy atom. The van der Waals surface area contributed by atoms with Gasteiger partial charge in [0.15, 0.2) is 0 Å². The first-order valence-electron chi connectivity index (χ1n) is 4.83. The predicted octanol–water partition coefficient (Wildman–Crippen LogP) is 2.21. The van der Waals surface area contributed by atoms with Gasteiger partial charge in [-0.15, -0.1) is 0 Å². The molecule has 1 aromatic heterocycles. The molecule has 0 unspecified atom stereocenters. The first kappa shape index (κ1) is 11.8. The molecule has 1 N–H and O–H groups in total. The molecule has 0 saturated heterocycles. The number of aromatic carboxylic acids is 1. The molecule has 0 aromatic carbocycles. The minimum absolute atomic E-state index is 0.00699. The summed E-state index contributed by atoms with van der Waals surface area (Å²) in [5.74, 6) is -0.983. The molecule has 0 aliphatic carbocycles. The molecule has 0 aliphatic rings. The maximum atomic E-state index is 10.8. The van der Waals surface area contributed by atoms with Gasteiger partial charge in [-0.25, -0.2) is 4.79 Å². The van der Waals surface area contributed by atoms with Crippen molar-refractivity contribution in [1.82, 2.24) is 4.90 Å². The molecule has 0 bridgehead atoms. The number of hydrogen-bond donors (Lipinski definition) is 1. The van der Waals surface area contributed by atoms with Gasteiger partial charge in [0, 0.05) is 17.6 Å². The fraction of sp³-hybridized carbons (Fsp3) is 0.545. The van der Waals surface area contributed by atoms with Crippen LogP contribution >= 0.6 is 0 Å². The second-order valence-electron chi connectivity index (χ2n) is 4.61. The van der Waals surface area contributed by atoms with Crippen LogP contribution in [0, 0.1) is 0 Å². The van der Waals surface area contributed by atoms with E-state index in [4.69, 9.17) is 9.52 Å². The molecule has 0 amide bonds. The molecule has 0 radical (unpaired) electrons. The van der Waals surface area contributed by atoms with E-state index >= 15 is 0 Å². The Morgan fingerprint density at radius 2 is 2.13 bits per heavy atom. The molecule has 0 aliphatic heterocycles. The minimum Gasteiger partial charge on any atom is -0.475 e. The zero-order valence-corrected chi connectivity index (χ0v) is 9.57.